The van der Waals surface area contributed by atoms with Crippen molar-refractivity contribution in [2.75, 3.05) is 39.5 Å². The van der Waals surface area contributed by atoms with E-state index in [1.807, 2.05) is 13.8 Å². The molecule has 144 valence electrons. The largest absolute Gasteiger partial charge is 0.492 e. The maximum Gasteiger partial charge on any atom is 0.416 e. The molecule has 2 N–H and O–H groups in total. The summed E-state index contributed by atoms with van der Waals surface area (Å²) in [5, 5.41) is 6.17. The molecule has 0 saturated carbocycles. The summed E-state index contributed by atoms with van der Waals surface area (Å²) < 4.78 is 48.0. The Hall–Kier alpha value is -1.23. The fourth-order valence-electron chi connectivity index (χ4n) is 1.79. The van der Waals surface area contributed by atoms with Gasteiger partial charge in [0, 0.05) is 13.2 Å². The molecule has 5 nitrogen and oxygen atoms in total. The summed E-state index contributed by atoms with van der Waals surface area (Å²) >= 11 is 0. The molecular formula is C16H25F3IN3O2. The van der Waals surface area contributed by atoms with E-state index in [1.54, 1.807) is 0 Å². The molecule has 25 heavy (non-hydrogen) atoms. The molecule has 1 aromatic rings. The van der Waals surface area contributed by atoms with Gasteiger partial charge >= 0.3 is 6.18 Å². The Morgan fingerprint density at radius 1 is 1.08 bits per heavy atom. The van der Waals surface area contributed by atoms with Crippen molar-refractivity contribution in [3.8, 4) is 5.75 Å². The third-order valence-electron chi connectivity index (χ3n) is 2.90. The van der Waals surface area contributed by atoms with E-state index >= 15 is 0 Å². The van der Waals surface area contributed by atoms with Gasteiger partial charge in [-0.15, -0.1) is 24.0 Å². The van der Waals surface area contributed by atoms with Gasteiger partial charge in [-0.2, -0.15) is 13.2 Å². The van der Waals surface area contributed by atoms with Gasteiger partial charge in [0.25, 0.3) is 0 Å². The molecule has 0 aliphatic rings. The number of rotatable bonds is 9. The van der Waals surface area contributed by atoms with Crippen LogP contribution in [0.3, 0.4) is 0 Å². The minimum Gasteiger partial charge on any atom is -0.492 e. The SMILES string of the molecule is CCNC(=NCCOCC)NCCOc1ccc(C(F)(F)F)cc1.I. The highest BCUT2D eigenvalue weighted by Gasteiger charge is 2.29. The molecule has 0 unspecified atom stereocenters. The zero-order chi connectivity index (χ0) is 17.8. The number of hydrogen-bond acceptors (Lipinski definition) is 3. The molecule has 0 bridgehead atoms. The van der Waals surface area contributed by atoms with Crippen molar-refractivity contribution < 1.29 is 22.6 Å². The van der Waals surface area contributed by atoms with E-state index in [9.17, 15) is 13.2 Å². The summed E-state index contributed by atoms with van der Waals surface area (Å²) in [5.74, 6) is 1.04. The van der Waals surface area contributed by atoms with Crippen molar-refractivity contribution >= 4 is 29.9 Å². The van der Waals surface area contributed by atoms with Gasteiger partial charge in [-0.3, -0.25) is 4.99 Å². The number of aliphatic imine (C=N–C) groups is 1. The fourth-order valence-corrected chi connectivity index (χ4v) is 1.79. The van der Waals surface area contributed by atoms with E-state index in [0.717, 1.165) is 18.7 Å². The first-order valence-electron chi connectivity index (χ1n) is 7.87. The summed E-state index contributed by atoms with van der Waals surface area (Å²) in [5.41, 5.74) is -0.691. The molecule has 0 radical (unpaired) electrons. The molecule has 0 heterocycles. The number of ether oxygens (including phenoxy) is 2. The first-order valence-corrected chi connectivity index (χ1v) is 7.87. The molecule has 0 saturated heterocycles. The predicted molar refractivity (Wildman–Crippen MR) is 103 cm³/mol. The maximum absolute atomic E-state index is 12.5. The molecular weight excluding hydrogens is 450 g/mol. The third-order valence-corrected chi connectivity index (χ3v) is 2.90. The zero-order valence-corrected chi connectivity index (χ0v) is 16.7. The number of nitrogens with zero attached hydrogens (tertiary/aromatic N) is 1. The van der Waals surface area contributed by atoms with Gasteiger partial charge in [0.05, 0.1) is 25.3 Å². The van der Waals surface area contributed by atoms with Crippen LogP contribution in [0, 0.1) is 0 Å². The summed E-state index contributed by atoms with van der Waals surface area (Å²) in [6, 6.07) is 4.62. The van der Waals surface area contributed by atoms with E-state index in [4.69, 9.17) is 9.47 Å². The van der Waals surface area contributed by atoms with Crippen LogP contribution in [0.2, 0.25) is 0 Å². The zero-order valence-electron chi connectivity index (χ0n) is 14.4. The number of nitrogens with one attached hydrogen (secondary N) is 2. The van der Waals surface area contributed by atoms with Gasteiger partial charge in [0.2, 0.25) is 0 Å². The highest BCUT2D eigenvalue weighted by atomic mass is 127. The van der Waals surface area contributed by atoms with Gasteiger partial charge in [-0.1, -0.05) is 0 Å². The summed E-state index contributed by atoms with van der Waals surface area (Å²) in [7, 11) is 0. The van der Waals surface area contributed by atoms with Crippen LogP contribution in [-0.4, -0.2) is 45.4 Å². The summed E-state index contributed by atoms with van der Waals surface area (Å²) in [6.07, 6.45) is -4.33. The number of halogens is 4. The lowest BCUT2D eigenvalue weighted by Crippen LogP contribution is -2.39. The lowest BCUT2D eigenvalue weighted by atomic mass is 10.2. The van der Waals surface area contributed by atoms with Crippen molar-refractivity contribution in [1.29, 1.82) is 0 Å². The maximum atomic E-state index is 12.5. The second-order valence-corrected chi connectivity index (χ2v) is 4.75. The van der Waals surface area contributed by atoms with Crippen molar-refractivity contribution in [3.63, 3.8) is 0 Å². The van der Waals surface area contributed by atoms with Gasteiger partial charge in [-0.05, 0) is 38.1 Å². The first kappa shape index (κ1) is 23.8. The van der Waals surface area contributed by atoms with Crippen molar-refractivity contribution in [1.82, 2.24) is 10.6 Å². The lowest BCUT2D eigenvalue weighted by Gasteiger charge is -2.12. The highest BCUT2D eigenvalue weighted by molar-refractivity contribution is 14.0. The van der Waals surface area contributed by atoms with Crippen molar-refractivity contribution in [2.45, 2.75) is 20.0 Å². The normalized spacial score (nSPS) is 11.6. The Labute approximate surface area is 163 Å². The standard InChI is InChI=1S/C16H24F3N3O2.HI/c1-3-20-15(21-9-11-23-4-2)22-10-12-24-14-7-5-13(6-8-14)16(17,18)19;/h5-8H,3-4,9-12H2,1-2H3,(H2,20,21,22);1H. The Morgan fingerprint density at radius 2 is 1.76 bits per heavy atom. The number of benzene rings is 1. The molecule has 0 fully saturated rings. The van der Waals surface area contributed by atoms with Crippen molar-refractivity contribution in [2.24, 2.45) is 4.99 Å². The summed E-state index contributed by atoms with van der Waals surface area (Å²) in [6.45, 7) is 7.13. The van der Waals surface area contributed by atoms with E-state index in [-0.39, 0.29) is 24.0 Å². The lowest BCUT2D eigenvalue weighted by molar-refractivity contribution is -0.137. The Bertz CT molecular complexity index is 496. The van der Waals surface area contributed by atoms with Gasteiger partial charge < -0.3 is 20.1 Å². The van der Waals surface area contributed by atoms with E-state index in [2.05, 4.69) is 15.6 Å². The van der Waals surface area contributed by atoms with Gasteiger partial charge in [0.1, 0.15) is 12.4 Å². The van der Waals surface area contributed by atoms with E-state index < -0.39 is 11.7 Å². The topological polar surface area (TPSA) is 54.9 Å². The van der Waals surface area contributed by atoms with Crippen LogP contribution >= 0.6 is 24.0 Å². The second-order valence-electron chi connectivity index (χ2n) is 4.75. The Kier molecular flexibility index (Phi) is 12.4. The van der Waals surface area contributed by atoms with Crippen LogP contribution in [-0.2, 0) is 10.9 Å². The molecule has 0 aliphatic carbocycles. The fraction of sp³-hybridized carbons (Fsp3) is 0.562. The number of guanidine groups is 1. The molecule has 1 rings (SSSR count). The van der Waals surface area contributed by atoms with Crippen LogP contribution in [0.25, 0.3) is 0 Å². The minimum absolute atomic E-state index is 0. The quantitative estimate of drug-likeness (QED) is 0.249. The number of hydrogen-bond donors (Lipinski definition) is 2. The average Bonchev–Trinajstić information content (AvgIpc) is 2.55. The van der Waals surface area contributed by atoms with Crippen molar-refractivity contribution in [3.05, 3.63) is 29.8 Å². The Morgan fingerprint density at radius 3 is 2.32 bits per heavy atom. The molecule has 0 spiro atoms. The molecule has 0 amide bonds. The van der Waals surface area contributed by atoms with E-state index in [1.165, 1.54) is 12.1 Å². The van der Waals surface area contributed by atoms with Crippen LogP contribution in [0.5, 0.6) is 5.75 Å². The molecule has 0 aliphatic heterocycles. The van der Waals surface area contributed by atoms with Gasteiger partial charge in [-0.25, -0.2) is 0 Å². The molecule has 0 atom stereocenters. The molecule has 0 aromatic heterocycles. The first-order chi connectivity index (χ1) is 11.5. The van der Waals surface area contributed by atoms with Gasteiger partial charge in [0.15, 0.2) is 5.96 Å². The molecule has 9 heteroatoms. The predicted octanol–water partition coefficient (Wildman–Crippen LogP) is 3.29. The Balaban J connectivity index is 0.00000576. The monoisotopic (exact) mass is 475 g/mol. The smallest absolute Gasteiger partial charge is 0.416 e. The average molecular weight is 475 g/mol. The third kappa shape index (κ3) is 10.4. The summed E-state index contributed by atoms with van der Waals surface area (Å²) in [4.78, 5) is 4.32. The van der Waals surface area contributed by atoms with Crippen LogP contribution in [0.15, 0.2) is 29.3 Å². The highest BCUT2D eigenvalue weighted by Crippen LogP contribution is 2.30. The molecule has 1 aromatic carbocycles. The van der Waals surface area contributed by atoms with Crippen LogP contribution in [0.4, 0.5) is 13.2 Å². The number of alkyl halides is 3. The van der Waals surface area contributed by atoms with Crippen LogP contribution < -0.4 is 15.4 Å². The second kappa shape index (κ2) is 13.0. The van der Waals surface area contributed by atoms with E-state index in [0.29, 0.717) is 44.6 Å². The van der Waals surface area contributed by atoms with Crippen LogP contribution in [0.1, 0.15) is 19.4 Å². The minimum atomic E-state index is -4.33.